The van der Waals surface area contributed by atoms with Crippen molar-refractivity contribution in [1.82, 2.24) is 0 Å². The first-order valence-corrected chi connectivity index (χ1v) is 9.29. The lowest BCUT2D eigenvalue weighted by atomic mass is 10.1. The highest BCUT2D eigenvalue weighted by Crippen LogP contribution is 2.39. The van der Waals surface area contributed by atoms with Crippen LogP contribution in [0.5, 0.6) is 17.2 Å². The van der Waals surface area contributed by atoms with E-state index in [0.717, 1.165) is 5.69 Å². The molecule has 4 rings (SSSR count). The molecular formula is C23H20N2O4. The highest BCUT2D eigenvalue weighted by molar-refractivity contribution is 6.11. The van der Waals surface area contributed by atoms with E-state index in [1.807, 2.05) is 31.2 Å². The molecular weight excluding hydrogens is 368 g/mol. The zero-order valence-electron chi connectivity index (χ0n) is 16.1. The average molecular weight is 388 g/mol. The van der Waals surface area contributed by atoms with Crippen LogP contribution >= 0.6 is 0 Å². The molecule has 1 aliphatic rings. The standard InChI is InChI=1S/C23H20N2O4/c1-3-25-19-6-4-5-7-21(19)29-20-13-10-16(14-18(20)23(25)27)24-22(26)15-8-11-17(28-2)12-9-15/h4-14H,3H2,1-2H3,(H,24,26). The van der Waals surface area contributed by atoms with Crippen LogP contribution in [0, 0.1) is 0 Å². The second-order valence-corrected chi connectivity index (χ2v) is 6.51. The second kappa shape index (κ2) is 7.67. The topological polar surface area (TPSA) is 67.9 Å². The molecule has 3 aromatic rings. The summed E-state index contributed by atoms with van der Waals surface area (Å²) in [6.07, 6.45) is 0. The van der Waals surface area contributed by atoms with Crippen LogP contribution in [0.2, 0.25) is 0 Å². The van der Waals surface area contributed by atoms with Gasteiger partial charge in [-0.2, -0.15) is 0 Å². The molecule has 2 amide bonds. The van der Waals surface area contributed by atoms with E-state index in [4.69, 9.17) is 9.47 Å². The van der Waals surface area contributed by atoms with E-state index in [1.54, 1.807) is 54.5 Å². The first-order chi connectivity index (χ1) is 14.1. The van der Waals surface area contributed by atoms with Gasteiger partial charge < -0.3 is 19.7 Å². The van der Waals surface area contributed by atoms with Crippen LogP contribution in [-0.2, 0) is 0 Å². The Morgan fingerprint density at radius 3 is 2.52 bits per heavy atom. The summed E-state index contributed by atoms with van der Waals surface area (Å²) in [6.45, 7) is 2.41. The lowest BCUT2D eigenvalue weighted by Gasteiger charge is -2.19. The Morgan fingerprint density at radius 2 is 1.79 bits per heavy atom. The summed E-state index contributed by atoms with van der Waals surface area (Å²) in [7, 11) is 1.57. The van der Waals surface area contributed by atoms with Gasteiger partial charge in [0.1, 0.15) is 11.5 Å². The van der Waals surface area contributed by atoms with Gasteiger partial charge in [0.15, 0.2) is 5.75 Å². The number of nitrogens with zero attached hydrogens (tertiary/aromatic N) is 1. The highest BCUT2D eigenvalue weighted by Gasteiger charge is 2.27. The van der Waals surface area contributed by atoms with Crippen LogP contribution in [0.3, 0.4) is 0 Å². The van der Waals surface area contributed by atoms with E-state index in [0.29, 0.717) is 40.6 Å². The first kappa shape index (κ1) is 18.6. The molecule has 0 saturated carbocycles. The number of benzene rings is 3. The minimum absolute atomic E-state index is 0.173. The number of nitrogens with one attached hydrogen (secondary N) is 1. The van der Waals surface area contributed by atoms with E-state index < -0.39 is 0 Å². The number of fused-ring (bicyclic) bond motifs is 2. The zero-order valence-corrected chi connectivity index (χ0v) is 16.1. The third kappa shape index (κ3) is 3.52. The molecule has 29 heavy (non-hydrogen) atoms. The number of ether oxygens (including phenoxy) is 2. The summed E-state index contributed by atoms with van der Waals surface area (Å²) in [5, 5.41) is 2.83. The maximum absolute atomic E-state index is 13.1. The summed E-state index contributed by atoms with van der Waals surface area (Å²) in [4.78, 5) is 27.3. The fraction of sp³-hybridized carbons (Fsp3) is 0.130. The fourth-order valence-corrected chi connectivity index (χ4v) is 3.26. The molecule has 1 N–H and O–H groups in total. The van der Waals surface area contributed by atoms with Crippen molar-refractivity contribution in [2.75, 3.05) is 23.9 Å². The molecule has 3 aromatic carbocycles. The van der Waals surface area contributed by atoms with Gasteiger partial charge in [-0.15, -0.1) is 0 Å². The Morgan fingerprint density at radius 1 is 1.03 bits per heavy atom. The van der Waals surface area contributed by atoms with E-state index in [9.17, 15) is 9.59 Å². The monoisotopic (exact) mass is 388 g/mol. The van der Waals surface area contributed by atoms with E-state index in [1.165, 1.54) is 0 Å². The molecule has 0 bridgehead atoms. The minimum atomic E-state index is -0.273. The third-order valence-corrected chi connectivity index (χ3v) is 4.76. The van der Waals surface area contributed by atoms with Gasteiger partial charge in [0.25, 0.3) is 11.8 Å². The molecule has 0 aromatic heterocycles. The number of hydrogen-bond acceptors (Lipinski definition) is 4. The molecule has 146 valence electrons. The third-order valence-electron chi connectivity index (χ3n) is 4.76. The smallest absolute Gasteiger partial charge is 0.262 e. The van der Waals surface area contributed by atoms with Crippen molar-refractivity contribution in [3.05, 3.63) is 77.9 Å². The van der Waals surface area contributed by atoms with Crippen LogP contribution in [0.1, 0.15) is 27.6 Å². The van der Waals surface area contributed by atoms with Crippen molar-refractivity contribution in [3.8, 4) is 17.2 Å². The summed E-state index contributed by atoms with van der Waals surface area (Å²) >= 11 is 0. The quantitative estimate of drug-likeness (QED) is 0.702. The molecule has 0 atom stereocenters. The molecule has 0 radical (unpaired) electrons. The fourth-order valence-electron chi connectivity index (χ4n) is 3.26. The van der Waals surface area contributed by atoms with Crippen molar-refractivity contribution in [3.63, 3.8) is 0 Å². The van der Waals surface area contributed by atoms with Gasteiger partial charge in [-0.05, 0) is 61.5 Å². The molecule has 6 heteroatoms. The number of hydrogen-bond donors (Lipinski definition) is 1. The van der Waals surface area contributed by atoms with E-state index in [-0.39, 0.29) is 11.8 Å². The van der Waals surface area contributed by atoms with Crippen LogP contribution in [0.15, 0.2) is 66.7 Å². The van der Waals surface area contributed by atoms with Gasteiger partial charge in [-0.1, -0.05) is 12.1 Å². The summed E-state index contributed by atoms with van der Waals surface area (Å²) < 4.78 is 11.1. The minimum Gasteiger partial charge on any atom is -0.497 e. The normalized spacial score (nSPS) is 12.3. The Balaban J connectivity index is 1.64. The first-order valence-electron chi connectivity index (χ1n) is 9.29. The predicted octanol–water partition coefficient (Wildman–Crippen LogP) is 4.72. The molecule has 1 heterocycles. The van der Waals surface area contributed by atoms with Gasteiger partial charge >= 0.3 is 0 Å². The maximum Gasteiger partial charge on any atom is 0.262 e. The number of para-hydroxylation sites is 2. The SMILES string of the molecule is CCN1C(=O)c2cc(NC(=O)c3ccc(OC)cc3)ccc2Oc2ccccc21. The van der Waals surface area contributed by atoms with Crippen molar-refractivity contribution in [2.45, 2.75) is 6.92 Å². The highest BCUT2D eigenvalue weighted by atomic mass is 16.5. The number of anilines is 2. The molecule has 6 nitrogen and oxygen atoms in total. The summed E-state index contributed by atoms with van der Waals surface area (Å²) in [6, 6.07) is 19.3. The number of carbonyl (C=O) groups is 2. The van der Waals surface area contributed by atoms with Crippen LogP contribution in [0.25, 0.3) is 0 Å². The molecule has 1 aliphatic heterocycles. The predicted molar refractivity (Wildman–Crippen MR) is 111 cm³/mol. The van der Waals surface area contributed by atoms with Crippen molar-refractivity contribution < 1.29 is 19.1 Å². The van der Waals surface area contributed by atoms with Gasteiger partial charge in [-0.25, -0.2) is 0 Å². The number of carbonyl (C=O) groups excluding carboxylic acids is 2. The molecule has 0 spiro atoms. The van der Waals surface area contributed by atoms with E-state index >= 15 is 0 Å². The number of rotatable bonds is 4. The Kier molecular flexibility index (Phi) is 4.91. The number of amides is 2. The van der Waals surface area contributed by atoms with E-state index in [2.05, 4.69) is 5.32 Å². The average Bonchev–Trinajstić information content (AvgIpc) is 2.87. The van der Waals surface area contributed by atoms with Gasteiger partial charge in [-0.3, -0.25) is 9.59 Å². The Hall–Kier alpha value is -3.80. The van der Waals surface area contributed by atoms with Crippen molar-refractivity contribution in [1.29, 1.82) is 0 Å². The maximum atomic E-state index is 13.1. The molecule has 0 unspecified atom stereocenters. The largest absolute Gasteiger partial charge is 0.497 e. The van der Waals surface area contributed by atoms with Gasteiger partial charge in [0, 0.05) is 17.8 Å². The summed E-state index contributed by atoms with van der Waals surface area (Å²) in [5.41, 5.74) is 2.13. The molecule has 0 aliphatic carbocycles. The second-order valence-electron chi connectivity index (χ2n) is 6.51. The van der Waals surface area contributed by atoms with Gasteiger partial charge in [0.05, 0.1) is 18.4 Å². The zero-order chi connectivity index (χ0) is 20.4. The van der Waals surface area contributed by atoms with Gasteiger partial charge in [0.2, 0.25) is 0 Å². The van der Waals surface area contributed by atoms with Crippen LogP contribution in [0.4, 0.5) is 11.4 Å². The van der Waals surface area contributed by atoms with Crippen LogP contribution < -0.4 is 19.7 Å². The lowest BCUT2D eigenvalue weighted by molar-refractivity contribution is 0.0985. The van der Waals surface area contributed by atoms with Crippen molar-refractivity contribution in [2.24, 2.45) is 0 Å². The summed E-state index contributed by atoms with van der Waals surface area (Å²) in [5.74, 6) is 1.31. The lowest BCUT2D eigenvalue weighted by Crippen LogP contribution is -2.29. The number of methoxy groups -OCH3 is 1. The Bertz CT molecular complexity index is 1080. The van der Waals surface area contributed by atoms with Crippen molar-refractivity contribution >= 4 is 23.2 Å². The molecule has 0 fully saturated rings. The van der Waals surface area contributed by atoms with Crippen LogP contribution in [-0.4, -0.2) is 25.5 Å². The molecule has 0 saturated heterocycles. The Labute approximate surface area is 168 Å².